The molecule has 1 amide bonds. The molecule has 2 aromatic heterocycles. The van der Waals surface area contributed by atoms with Gasteiger partial charge in [-0.2, -0.15) is 0 Å². The molecule has 138 valence electrons. The first-order chi connectivity index (χ1) is 12.8. The minimum atomic E-state index is 0.190. The number of thioether (sulfide) groups is 1. The van der Waals surface area contributed by atoms with Crippen LogP contribution in [0.2, 0.25) is 0 Å². The summed E-state index contributed by atoms with van der Waals surface area (Å²) in [5.41, 5.74) is 0.955. The highest BCUT2D eigenvalue weighted by molar-refractivity contribution is 7.99. The van der Waals surface area contributed by atoms with Crippen LogP contribution in [0.3, 0.4) is 0 Å². The standard InChI is InChI=1S/C19H25N5OS/c1-2-12-24-18(16-8-10-20-11-9-16)21-22-19(24)26-15-17(25)23-13-6-4-3-5-7-14-23/h2,8-11H,1,3-7,12-15H2. The zero-order valence-electron chi connectivity index (χ0n) is 15.0. The molecule has 3 heterocycles. The van der Waals surface area contributed by atoms with Crippen LogP contribution < -0.4 is 0 Å². The first kappa shape index (κ1) is 18.6. The summed E-state index contributed by atoms with van der Waals surface area (Å²) in [7, 11) is 0. The Morgan fingerprint density at radius 2 is 1.81 bits per heavy atom. The van der Waals surface area contributed by atoms with Gasteiger partial charge in [0, 0.05) is 37.6 Å². The number of nitrogens with zero attached hydrogens (tertiary/aromatic N) is 5. The lowest BCUT2D eigenvalue weighted by molar-refractivity contribution is -0.128. The van der Waals surface area contributed by atoms with E-state index in [0.717, 1.165) is 42.5 Å². The van der Waals surface area contributed by atoms with Crippen LogP contribution in [-0.4, -0.2) is 49.4 Å². The van der Waals surface area contributed by atoms with E-state index in [0.29, 0.717) is 12.3 Å². The number of aromatic nitrogens is 4. The summed E-state index contributed by atoms with van der Waals surface area (Å²) >= 11 is 1.45. The molecule has 0 aliphatic carbocycles. The van der Waals surface area contributed by atoms with Gasteiger partial charge in [0.05, 0.1) is 5.75 Å². The Labute approximate surface area is 158 Å². The highest BCUT2D eigenvalue weighted by Gasteiger charge is 2.18. The number of hydrogen-bond acceptors (Lipinski definition) is 5. The third-order valence-electron chi connectivity index (χ3n) is 4.50. The van der Waals surface area contributed by atoms with Gasteiger partial charge in [0.15, 0.2) is 11.0 Å². The molecule has 26 heavy (non-hydrogen) atoms. The fourth-order valence-electron chi connectivity index (χ4n) is 3.12. The molecule has 0 spiro atoms. The van der Waals surface area contributed by atoms with Gasteiger partial charge >= 0.3 is 0 Å². The second-order valence-corrected chi connectivity index (χ2v) is 7.32. The van der Waals surface area contributed by atoms with E-state index in [-0.39, 0.29) is 5.91 Å². The van der Waals surface area contributed by atoms with Crippen molar-refractivity contribution in [3.8, 4) is 11.4 Å². The van der Waals surface area contributed by atoms with Crippen molar-refractivity contribution in [2.75, 3.05) is 18.8 Å². The molecule has 0 unspecified atom stereocenters. The number of hydrogen-bond donors (Lipinski definition) is 0. The van der Waals surface area contributed by atoms with E-state index >= 15 is 0 Å². The van der Waals surface area contributed by atoms with Gasteiger partial charge in [0.1, 0.15) is 0 Å². The van der Waals surface area contributed by atoms with Crippen LogP contribution in [0.25, 0.3) is 11.4 Å². The van der Waals surface area contributed by atoms with E-state index in [1.807, 2.05) is 27.7 Å². The maximum absolute atomic E-state index is 12.6. The van der Waals surface area contributed by atoms with E-state index in [1.165, 1.54) is 31.0 Å². The van der Waals surface area contributed by atoms with Crippen LogP contribution in [0, 0.1) is 0 Å². The Kier molecular flexibility index (Phi) is 6.82. The van der Waals surface area contributed by atoms with Crippen molar-refractivity contribution in [1.29, 1.82) is 0 Å². The molecule has 0 bridgehead atoms. The van der Waals surface area contributed by atoms with Crippen molar-refractivity contribution in [1.82, 2.24) is 24.6 Å². The molecular formula is C19H25N5OS. The van der Waals surface area contributed by atoms with E-state index in [1.54, 1.807) is 12.4 Å². The molecule has 1 saturated heterocycles. The van der Waals surface area contributed by atoms with Gasteiger partial charge in [-0.15, -0.1) is 16.8 Å². The van der Waals surface area contributed by atoms with Crippen molar-refractivity contribution in [2.24, 2.45) is 0 Å². The van der Waals surface area contributed by atoms with Gasteiger partial charge < -0.3 is 4.90 Å². The third-order valence-corrected chi connectivity index (χ3v) is 5.45. The number of rotatable bonds is 6. The molecule has 0 aromatic carbocycles. The minimum Gasteiger partial charge on any atom is -0.342 e. The molecule has 1 aliphatic rings. The summed E-state index contributed by atoms with van der Waals surface area (Å²) in [6.45, 7) is 6.18. The first-order valence-electron chi connectivity index (χ1n) is 9.14. The molecule has 7 heteroatoms. The van der Waals surface area contributed by atoms with Crippen LogP contribution in [-0.2, 0) is 11.3 Å². The van der Waals surface area contributed by atoms with Crippen LogP contribution in [0.5, 0.6) is 0 Å². The van der Waals surface area contributed by atoms with Crippen molar-refractivity contribution in [3.05, 3.63) is 37.2 Å². The average molecular weight is 372 g/mol. The average Bonchev–Trinajstić information content (AvgIpc) is 3.03. The molecule has 0 radical (unpaired) electrons. The monoisotopic (exact) mass is 371 g/mol. The van der Waals surface area contributed by atoms with Crippen molar-refractivity contribution in [3.63, 3.8) is 0 Å². The number of pyridine rings is 1. The molecule has 3 rings (SSSR count). The van der Waals surface area contributed by atoms with Crippen molar-refractivity contribution >= 4 is 17.7 Å². The normalized spacial score (nSPS) is 15.3. The number of likely N-dealkylation sites (tertiary alicyclic amines) is 1. The van der Waals surface area contributed by atoms with Gasteiger partial charge in [-0.1, -0.05) is 37.1 Å². The smallest absolute Gasteiger partial charge is 0.233 e. The predicted octanol–water partition coefficient (Wildman–Crippen LogP) is 3.41. The Hall–Kier alpha value is -2.15. The lowest BCUT2D eigenvalue weighted by atomic mass is 10.1. The molecule has 0 saturated carbocycles. The number of carbonyl (C=O) groups excluding carboxylic acids is 1. The largest absolute Gasteiger partial charge is 0.342 e. The highest BCUT2D eigenvalue weighted by atomic mass is 32.2. The van der Waals surface area contributed by atoms with Crippen LogP contribution >= 0.6 is 11.8 Å². The molecule has 0 atom stereocenters. The summed E-state index contributed by atoms with van der Waals surface area (Å²) in [6, 6.07) is 3.81. The molecule has 2 aromatic rings. The lowest BCUT2D eigenvalue weighted by Gasteiger charge is -2.24. The van der Waals surface area contributed by atoms with E-state index in [4.69, 9.17) is 0 Å². The fourth-order valence-corrected chi connectivity index (χ4v) is 3.97. The summed E-state index contributed by atoms with van der Waals surface area (Å²) in [6.07, 6.45) is 11.2. The number of carbonyl (C=O) groups is 1. The molecule has 6 nitrogen and oxygen atoms in total. The quantitative estimate of drug-likeness (QED) is 0.575. The van der Waals surface area contributed by atoms with E-state index < -0.39 is 0 Å². The Balaban J connectivity index is 1.68. The SMILES string of the molecule is C=CCn1c(SCC(=O)N2CCCCCCC2)nnc1-c1ccncc1. The topological polar surface area (TPSA) is 63.9 Å². The molecule has 0 N–H and O–H groups in total. The first-order valence-corrected chi connectivity index (χ1v) is 10.1. The molecular weight excluding hydrogens is 346 g/mol. The second kappa shape index (κ2) is 9.52. The fraction of sp³-hybridized carbons (Fsp3) is 0.474. The highest BCUT2D eigenvalue weighted by Crippen LogP contribution is 2.24. The lowest BCUT2D eigenvalue weighted by Crippen LogP contribution is -2.35. The summed E-state index contributed by atoms with van der Waals surface area (Å²) in [5.74, 6) is 1.36. The van der Waals surface area contributed by atoms with Gasteiger partial charge in [-0.05, 0) is 25.0 Å². The minimum absolute atomic E-state index is 0.190. The van der Waals surface area contributed by atoms with Crippen LogP contribution in [0.1, 0.15) is 32.1 Å². The molecule has 1 fully saturated rings. The molecule has 1 aliphatic heterocycles. The Morgan fingerprint density at radius 1 is 1.12 bits per heavy atom. The van der Waals surface area contributed by atoms with Crippen LogP contribution in [0.4, 0.5) is 0 Å². The van der Waals surface area contributed by atoms with E-state index in [2.05, 4.69) is 21.8 Å². The van der Waals surface area contributed by atoms with Gasteiger partial charge in [-0.25, -0.2) is 0 Å². The van der Waals surface area contributed by atoms with Crippen molar-refractivity contribution in [2.45, 2.75) is 43.8 Å². The van der Waals surface area contributed by atoms with Crippen LogP contribution in [0.15, 0.2) is 42.3 Å². The summed E-state index contributed by atoms with van der Waals surface area (Å²) in [4.78, 5) is 18.7. The maximum atomic E-state index is 12.6. The van der Waals surface area contributed by atoms with Gasteiger partial charge in [0.2, 0.25) is 5.91 Å². The maximum Gasteiger partial charge on any atom is 0.233 e. The van der Waals surface area contributed by atoms with Crippen molar-refractivity contribution < 1.29 is 4.79 Å². The third kappa shape index (κ3) is 4.72. The predicted molar refractivity (Wildman–Crippen MR) is 104 cm³/mol. The zero-order valence-corrected chi connectivity index (χ0v) is 15.8. The van der Waals surface area contributed by atoms with Gasteiger partial charge in [0.25, 0.3) is 0 Å². The number of amides is 1. The van der Waals surface area contributed by atoms with Gasteiger partial charge in [-0.3, -0.25) is 14.3 Å². The summed E-state index contributed by atoms with van der Waals surface area (Å²) < 4.78 is 1.99. The number of allylic oxidation sites excluding steroid dienone is 1. The van der Waals surface area contributed by atoms with E-state index in [9.17, 15) is 4.79 Å². The Bertz CT molecular complexity index is 723. The Morgan fingerprint density at radius 3 is 2.50 bits per heavy atom. The second-order valence-electron chi connectivity index (χ2n) is 6.38. The summed E-state index contributed by atoms with van der Waals surface area (Å²) in [5, 5.41) is 9.36. The zero-order chi connectivity index (χ0) is 18.2.